The third-order valence-corrected chi connectivity index (χ3v) is 3.45. The quantitative estimate of drug-likeness (QED) is 0.845. The van der Waals surface area contributed by atoms with Gasteiger partial charge in [0.1, 0.15) is 0 Å². The molecule has 3 nitrogen and oxygen atoms in total. The summed E-state index contributed by atoms with van der Waals surface area (Å²) in [4.78, 5) is 0. The Hall–Kier alpha value is -1.06. The lowest BCUT2D eigenvalue weighted by atomic mass is 10.1. The van der Waals surface area contributed by atoms with Crippen LogP contribution in [0.1, 0.15) is 24.6 Å². The molecule has 3 rings (SSSR count). The average Bonchev–Trinajstić information content (AvgIpc) is 2.69. The highest BCUT2D eigenvalue weighted by Gasteiger charge is 2.18. The molecule has 0 atom stereocenters. The summed E-state index contributed by atoms with van der Waals surface area (Å²) in [6.45, 7) is 4.32. The first-order chi connectivity index (χ1) is 7.86. The molecule has 1 aromatic carbocycles. The Balaban J connectivity index is 0.00000108. The van der Waals surface area contributed by atoms with Crippen molar-refractivity contribution in [2.24, 2.45) is 0 Å². The third kappa shape index (κ3) is 2.17. The number of fused-ring (bicyclic) bond motifs is 1. The predicted molar refractivity (Wildman–Crippen MR) is 72.9 cm³/mol. The molecule has 0 amide bonds. The van der Waals surface area contributed by atoms with E-state index >= 15 is 0 Å². The van der Waals surface area contributed by atoms with Crippen molar-refractivity contribution in [1.29, 1.82) is 0 Å². The van der Waals surface area contributed by atoms with E-state index in [4.69, 9.17) is 5.10 Å². The van der Waals surface area contributed by atoms with Crippen LogP contribution >= 0.6 is 12.4 Å². The van der Waals surface area contributed by atoms with Gasteiger partial charge >= 0.3 is 0 Å². The first kappa shape index (κ1) is 12.4. The van der Waals surface area contributed by atoms with Gasteiger partial charge in [0.25, 0.3) is 0 Å². The summed E-state index contributed by atoms with van der Waals surface area (Å²) in [6.07, 6.45) is 2.37. The Kier molecular flexibility index (Phi) is 3.69. The molecule has 0 saturated carbocycles. The maximum absolute atomic E-state index is 4.70. The lowest BCUT2D eigenvalue weighted by molar-refractivity contribution is 0.350. The molecule has 2 aromatic rings. The highest BCUT2D eigenvalue weighted by molar-refractivity contribution is 5.85. The smallest absolute Gasteiger partial charge is 0.0688 e. The van der Waals surface area contributed by atoms with Gasteiger partial charge in [0.15, 0.2) is 0 Å². The molecule has 1 N–H and O–H groups in total. The van der Waals surface area contributed by atoms with Crippen molar-refractivity contribution in [2.45, 2.75) is 25.8 Å². The van der Waals surface area contributed by atoms with Crippen molar-refractivity contribution in [3.63, 3.8) is 0 Å². The van der Waals surface area contributed by atoms with E-state index in [1.54, 1.807) is 0 Å². The van der Waals surface area contributed by atoms with Crippen molar-refractivity contribution < 1.29 is 0 Å². The molecule has 4 heteroatoms. The number of para-hydroxylation sites is 1. The molecule has 1 aliphatic heterocycles. The largest absolute Gasteiger partial charge is 0.317 e. The number of nitrogens with one attached hydrogen (secondary N) is 1. The second kappa shape index (κ2) is 5.07. The number of hydrogen-bond acceptors (Lipinski definition) is 2. The second-order valence-electron chi connectivity index (χ2n) is 4.53. The van der Waals surface area contributed by atoms with Gasteiger partial charge in [-0.25, -0.2) is 0 Å². The molecule has 1 aromatic heterocycles. The van der Waals surface area contributed by atoms with E-state index in [1.807, 2.05) is 0 Å². The van der Waals surface area contributed by atoms with Crippen LogP contribution in [-0.4, -0.2) is 22.9 Å². The summed E-state index contributed by atoms with van der Waals surface area (Å²) in [7, 11) is 0. The molecule has 0 aliphatic carbocycles. The predicted octanol–water partition coefficient (Wildman–Crippen LogP) is 2.69. The van der Waals surface area contributed by atoms with Crippen molar-refractivity contribution in [2.75, 3.05) is 13.1 Å². The molecule has 1 aliphatic rings. The Morgan fingerprint density at radius 3 is 2.71 bits per heavy atom. The first-order valence-corrected chi connectivity index (χ1v) is 6.01. The van der Waals surface area contributed by atoms with E-state index in [9.17, 15) is 0 Å². The van der Waals surface area contributed by atoms with Crippen molar-refractivity contribution >= 4 is 23.3 Å². The molecule has 1 fully saturated rings. The van der Waals surface area contributed by atoms with Crippen molar-refractivity contribution in [1.82, 2.24) is 15.1 Å². The SMILES string of the molecule is Cc1nn(C2CCNCC2)c2ccccc12.Cl. The van der Waals surface area contributed by atoms with Crippen LogP contribution < -0.4 is 5.32 Å². The summed E-state index contributed by atoms with van der Waals surface area (Å²) < 4.78 is 2.23. The van der Waals surface area contributed by atoms with Crippen molar-refractivity contribution in [3.8, 4) is 0 Å². The molecule has 2 heterocycles. The van der Waals surface area contributed by atoms with Crippen LogP contribution in [0.15, 0.2) is 24.3 Å². The van der Waals surface area contributed by atoms with Crippen LogP contribution in [0.2, 0.25) is 0 Å². The minimum Gasteiger partial charge on any atom is -0.317 e. The van der Waals surface area contributed by atoms with Crippen LogP contribution in [0.25, 0.3) is 10.9 Å². The van der Waals surface area contributed by atoms with Crippen LogP contribution in [0.5, 0.6) is 0 Å². The Bertz CT molecular complexity index is 500. The van der Waals surface area contributed by atoms with Gasteiger partial charge in [0.05, 0.1) is 17.3 Å². The molecule has 0 spiro atoms. The molecule has 92 valence electrons. The maximum Gasteiger partial charge on any atom is 0.0688 e. The fourth-order valence-corrected chi connectivity index (χ4v) is 2.58. The first-order valence-electron chi connectivity index (χ1n) is 6.01. The van der Waals surface area contributed by atoms with E-state index < -0.39 is 0 Å². The molecular formula is C13H18ClN3. The Morgan fingerprint density at radius 1 is 1.24 bits per heavy atom. The van der Waals surface area contributed by atoms with Gasteiger partial charge in [-0.05, 0) is 38.9 Å². The summed E-state index contributed by atoms with van der Waals surface area (Å²) in [6, 6.07) is 9.09. The van der Waals surface area contributed by atoms with E-state index in [0.29, 0.717) is 6.04 Å². The molecule has 0 bridgehead atoms. The fraction of sp³-hybridized carbons (Fsp3) is 0.462. The number of hydrogen-bond donors (Lipinski definition) is 1. The van der Waals surface area contributed by atoms with Gasteiger partial charge in [0, 0.05) is 5.39 Å². The summed E-state index contributed by atoms with van der Waals surface area (Å²) in [5.41, 5.74) is 2.43. The maximum atomic E-state index is 4.70. The molecular weight excluding hydrogens is 234 g/mol. The number of benzene rings is 1. The number of piperidine rings is 1. The van der Waals surface area contributed by atoms with E-state index in [0.717, 1.165) is 18.8 Å². The zero-order valence-electron chi connectivity index (χ0n) is 10.0. The van der Waals surface area contributed by atoms with E-state index in [1.165, 1.54) is 23.7 Å². The van der Waals surface area contributed by atoms with Gasteiger partial charge in [-0.3, -0.25) is 4.68 Å². The van der Waals surface area contributed by atoms with Crippen LogP contribution in [-0.2, 0) is 0 Å². The fourth-order valence-electron chi connectivity index (χ4n) is 2.58. The van der Waals surface area contributed by atoms with E-state index in [-0.39, 0.29) is 12.4 Å². The highest BCUT2D eigenvalue weighted by Crippen LogP contribution is 2.25. The minimum atomic E-state index is 0. The van der Waals surface area contributed by atoms with Crippen LogP contribution in [0.3, 0.4) is 0 Å². The zero-order chi connectivity index (χ0) is 11.0. The second-order valence-corrected chi connectivity index (χ2v) is 4.53. The van der Waals surface area contributed by atoms with Crippen molar-refractivity contribution in [3.05, 3.63) is 30.0 Å². The molecule has 17 heavy (non-hydrogen) atoms. The van der Waals surface area contributed by atoms with Gasteiger partial charge < -0.3 is 5.32 Å². The monoisotopic (exact) mass is 251 g/mol. The number of aryl methyl sites for hydroxylation is 1. The average molecular weight is 252 g/mol. The lowest BCUT2D eigenvalue weighted by Gasteiger charge is -2.23. The minimum absolute atomic E-state index is 0. The third-order valence-electron chi connectivity index (χ3n) is 3.45. The van der Waals surface area contributed by atoms with E-state index in [2.05, 4.69) is 41.2 Å². The Morgan fingerprint density at radius 2 is 1.94 bits per heavy atom. The molecule has 0 radical (unpaired) electrons. The normalized spacial score (nSPS) is 17.0. The summed E-state index contributed by atoms with van der Waals surface area (Å²) in [5, 5.41) is 9.39. The highest BCUT2D eigenvalue weighted by atomic mass is 35.5. The van der Waals surface area contributed by atoms with Gasteiger partial charge in [-0.1, -0.05) is 18.2 Å². The van der Waals surface area contributed by atoms with Crippen LogP contribution in [0.4, 0.5) is 0 Å². The van der Waals surface area contributed by atoms with Gasteiger partial charge in [0.2, 0.25) is 0 Å². The lowest BCUT2D eigenvalue weighted by Crippen LogP contribution is -2.29. The number of nitrogens with zero attached hydrogens (tertiary/aromatic N) is 2. The van der Waals surface area contributed by atoms with Crippen LogP contribution in [0, 0.1) is 6.92 Å². The van der Waals surface area contributed by atoms with Gasteiger partial charge in [-0.2, -0.15) is 5.10 Å². The standard InChI is InChI=1S/C13H17N3.ClH/c1-10-12-4-2-3-5-13(12)16(15-10)11-6-8-14-9-7-11;/h2-5,11,14H,6-9H2,1H3;1H. The number of aromatic nitrogens is 2. The molecule has 0 unspecified atom stereocenters. The molecule has 1 saturated heterocycles. The Labute approximate surface area is 108 Å². The topological polar surface area (TPSA) is 29.9 Å². The summed E-state index contributed by atoms with van der Waals surface area (Å²) >= 11 is 0. The number of rotatable bonds is 1. The zero-order valence-corrected chi connectivity index (χ0v) is 10.8. The summed E-state index contributed by atoms with van der Waals surface area (Å²) in [5.74, 6) is 0. The number of halogens is 1. The van der Waals surface area contributed by atoms with Gasteiger partial charge in [-0.15, -0.1) is 12.4 Å².